The average Bonchev–Trinajstić information content (AvgIpc) is 3.23. The number of rotatable bonds is 6. The van der Waals surface area contributed by atoms with E-state index in [2.05, 4.69) is 72.3 Å². The van der Waals surface area contributed by atoms with Crippen molar-refractivity contribution in [2.75, 3.05) is 19.8 Å². The molecule has 0 aliphatic carbocycles. The molecule has 0 unspecified atom stereocenters. The van der Waals surface area contributed by atoms with Crippen LogP contribution < -0.4 is 14.6 Å². The third-order valence-corrected chi connectivity index (χ3v) is 7.75. The first kappa shape index (κ1) is 22.5. The van der Waals surface area contributed by atoms with E-state index in [1.165, 1.54) is 20.5 Å². The quantitative estimate of drug-likeness (QED) is 0.489. The number of nitrogens with zero attached hydrogens (tertiary/aromatic N) is 3. The van der Waals surface area contributed by atoms with Crippen molar-refractivity contribution in [1.82, 2.24) is 9.80 Å². The van der Waals surface area contributed by atoms with Crippen LogP contribution in [0.3, 0.4) is 0 Å². The maximum atomic E-state index is 6.34. The van der Waals surface area contributed by atoms with Crippen LogP contribution in [0.1, 0.15) is 32.3 Å². The molecule has 0 saturated carbocycles. The van der Waals surface area contributed by atoms with Gasteiger partial charge in [0.15, 0.2) is 0 Å². The van der Waals surface area contributed by atoms with Gasteiger partial charge in [0.25, 0.3) is 0 Å². The maximum absolute atomic E-state index is 6.34. The minimum atomic E-state index is 0.312. The summed E-state index contributed by atoms with van der Waals surface area (Å²) in [4.78, 5) is 10.8. The number of likely N-dealkylation sites (tertiary alicyclic amines) is 1. The average molecular weight is 480 g/mol. The normalized spacial score (nSPS) is 16.9. The molecule has 1 aromatic heterocycles. The van der Waals surface area contributed by atoms with Gasteiger partial charge in [-0.1, -0.05) is 35.9 Å². The minimum Gasteiger partial charge on any atom is -0.490 e. The summed E-state index contributed by atoms with van der Waals surface area (Å²) in [5, 5.41) is 1.83. The van der Waals surface area contributed by atoms with E-state index in [4.69, 9.17) is 21.3 Å². The van der Waals surface area contributed by atoms with Crippen LogP contribution in [0.15, 0.2) is 59.6 Å². The summed E-state index contributed by atoms with van der Waals surface area (Å²) in [5.74, 6) is 0.978. The van der Waals surface area contributed by atoms with E-state index in [0.717, 1.165) is 48.6 Å². The highest BCUT2D eigenvalue weighted by atomic mass is 35.5. The van der Waals surface area contributed by atoms with Crippen LogP contribution in [0.25, 0.3) is 16.6 Å². The van der Waals surface area contributed by atoms with Crippen LogP contribution >= 0.6 is 22.9 Å². The molecule has 1 fully saturated rings. The number of fused-ring (bicyclic) bond motifs is 1. The van der Waals surface area contributed by atoms with Crippen LogP contribution in [0.4, 0.5) is 0 Å². The number of hydrogen-bond acceptors (Lipinski definition) is 5. The second-order valence-corrected chi connectivity index (χ2v) is 10.7. The molecule has 33 heavy (non-hydrogen) atoms. The summed E-state index contributed by atoms with van der Waals surface area (Å²) >= 11 is 7.81. The third kappa shape index (κ3) is 5.43. The zero-order chi connectivity index (χ0) is 22.8. The molecule has 3 aromatic rings. The molecule has 0 atom stereocenters. The van der Waals surface area contributed by atoms with Crippen LogP contribution in [0, 0.1) is 0 Å². The molecule has 2 aromatic carbocycles. The largest absolute Gasteiger partial charge is 0.490 e. The number of thiophene rings is 1. The van der Waals surface area contributed by atoms with Crippen molar-refractivity contribution in [1.29, 1.82) is 0 Å². The Kier molecular flexibility index (Phi) is 6.72. The van der Waals surface area contributed by atoms with Gasteiger partial charge in [0.05, 0.1) is 9.89 Å². The van der Waals surface area contributed by atoms with E-state index < -0.39 is 0 Å². The van der Waals surface area contributed by atoms with E-state index in [0.29, 0.717) is 18.8 Å². The second-order valence-electron chi connectivity index (χ2n) is 9.14. The van der Waals surface area contributed by atoms with Gasteiger partial charge in [0.1, 0.15) is 18.5 Å². The van der Waals surface area contributed by atoms with E-state index in [9.17, 15) is 0 Å². The Morgan fingerprint density at radius 2 is 1.88 bits per heavy atom. The lowest BCUT2D eigenvalue weighted by atomic mass is 10.1. The summed E-state index contributed by atoms with van der Waals surface area (Å²) in [5.41, 5.74) is 2.43. The molecule has 4 nitrogen and oxygen atoms in total. The van der Waals surface area contributed by atoms with Gasteiger partial charge < -0.3 is 14.5 Å². The molecule has 172 valence electrons. The van der Waals surface area contributed by atoms with Crippen molar-refractivity contribution in [3.63, 3.8) is 0 Å². The topological polar surface area (TPSA) is 28.1 Å². The molecule has 1 saturated heterocycles. The maximum Gasteiger partial charge on any atom is 0.120 e. The van der Waals surface area contributed by atoms with Crippen LogP contribution in [0.5, 0.6) is 5.75 Å². The van der Waals surface area contributed by atoms with Gasteiger partial charge in [0.2, 0.25) is 0 Å². The fourth-order valence-corrected chi connectivity index (χ4v) is 5.71. The zero-order valence-corrected chi connectivity index (χ0v) is 20.8. The number of halogens is 1. The second kappa shape index (κ2) is 9.88. The smallest absolute Gasteiger partial charge is 0.120 e. The SMILES string of the molecule is CC(C)N1CCC(Oc2cccc(CN3C=c4sc(-c5ccc(Cl)cc5)cc4=NC3)c2)CC1. The lowest BCUT2D eigenvalue weighted by Gasteiger charge is -2.34. The van der Waals surface area contributed by atoms with Crippen molar-refractivity contribution in [2.24, 2.45) is 4.99 Å². The minimum absolute atomic E-state index is 0.312. The summed E-state index contributed by atoms with van der Waals surface area (Å²) < 4.78 is 7.55. The van der Waals surface area contributed by atoms with Crippen LogP contribution in [0.2, 0.25) is 5.02 Å². The summed E-state index contributed by atoms with van der Waals surface area (Å²) in [7, 11) is 0. The molecule has 0 amide bonds. The van der Waals surface area contributed by atoms with Crippen LogP contribution in [-0.2, 0) is 6.54 Å². The summed E-state index contributed by atoms with van der Waals surface area (Å²) in [6, 6.07) is 19.3. The Morgan fingerprint density at radius 3 is 2.64 bits per heavy atom. The number of hydrogen-bond donors (Lipinski definition) is 0. The van der Waals surface area contributed by atoms with Gasteiger partial charge in [-0.3, -0.25) is 4.99 Å². The standard InChI is InChI=1S/C27H30ClN3OS/c1-19(2)31-12-10-23(11-13-31)32-24-5-3-4-20(14-24)16-30-17-27-25(29-18-30)15-26(33-27)21-6-8-22(28)9-7-21/h3-9,14-15,17,19,23H,10-13,16,18H2,1-2H3. The lowest BCUT2D eigenvalue weighted by molar-refractivity contribution is 0.0842. The van der Waals surface area contributed by atoms with Crippen molar-refractivity contribution in [3.05, 3.63) is 75.1 Å². The Bertz CT molecular complexity index is 1210. The Morgan fingerprint density at radius 1 is 1.09 bits per heavy atom. The molecule has 0 radical (unpaired) electrons. The van der Waals surface area contributed by atoms with E-state index in [-0.39, 0.29) is 0 Å². The van der Waals surface area contributed by atoms with E-state index >= 15 is 0 Å². The Hall–Kier alpha value is -2.34. The Balaban J connectivity index is 1.24. The fourth-order valence-electron chi connectivity index (χ4n) is 4.49. The van der Waals surface area contributed by atoms with Gasteiger partial charge in [-0.2, -0.15) is 0 Å². The van der Waals surface area contributed by atoms with Gasteiger partial charge in [-0.15, -0.1) is 11.3 Å². The van der Waals surface area contributed by atoms with E-state index in [1.54, 1.807) is 11.3 Å². The van der Waals surface area contributed by atoms with Crippen molar-refractivity contribution >= 4 is 29.1 Å². The highest BCUT2D eigenvalue weighted by Crippen LogP contribution is 2.24. The number of ether oxygens (including phenoxy) is 1. The van der Waals surface area contributed by atoms with Gasteiger partial charge in [0, 0.05) is 41.8 Å². The van der Waals surface area contributed by atoms with Gasteiger partial charge in [-0.25, -0.2) is 0 Å². The van der Waals surface area contributed by atoms with Crippen molar-refractivity contribution in [2.45, 2.75) is 45.4 Å². The third-order valence-electron chi connectivity index (χ3n) is 6.39. The van der Waals surface area contributed by atoms with Gasteiger partial charge in [-0.05, 0) is 68.1 Å². The molecule has 2 aliphatic heterocycles. The van der Waals surface area contributed by atoms with E-state index in [1.807, 2.05) is 12.1 Å². The highest BCUT2D eigenvalue weighted by Gasteiger charge is 2.22. The molecular formula is C27H30ClN3OS. The molecule has 3 heterocycles. The molecule has 0 spiro atoms. The first-order chi connectivity index (χ1) is 16.0. The first-order valence-electron chi connectivity index (χ1n) is 11.7. The molecule has 5 rings (SSSR count). The predicted octanol–water partition coefficient (Wildman–Crippen LogP) is 5.15. The first-order valence-corrected chi connectivity index (χ1v) is 12.9. The van der Waals surface area contributed by atoms with Crippen molar-refractivity contribution < 1.29 is 4.74 Å². The number of benzene rings is 2. The molecular weight excluding hydrogens is 450 g/mol. The predicted molar refractivity (Wildman–Crippen MR) is 137 cm³/mol. The summed E-state index contributed by atoms with van der Waals surface area (Å²) in [6.07, 6.45) is 4.74. The van der Waals surface area contributed by atoms with Crippen molar-refractivity contribution in [3.8, 4) is 16.2 Å². The molecule has 0 N–H and O–H groups in total. The van der Waals surface area contributed by atoms with Crippen LogP contribution in [-0.4, -0.2) is 41.7 Å². The fraction of sp³-hybridized carbons (Fsp3) is 0.370. The van der Waals surface area contributed by atoms with Gasteiger partial charge >= 0.3 is 0 Å². The molecule has 0 bridgehead atoms. The Labute approximate surface area is 204 Å². The molecule has 2 aliphatic rings. The summed E-state index contributed by atoms with van der Waals surface area (Å²) in [6.45, 7) is 8.27. The highest BCUT2D eigenvalue weighted by molar-refractivity contribution is 7.13. The lowest BCUT2D eigenvalue weighted by Crippen LogP contribution is -2.41. The number of piperidine rings is 1. The monoisotopic (exact) mass is 479 g/mol. The zero-order valence-electron chi connectivity index (χ0n) is 19.2. The molecule has 6 heteroatoms.